The molecular formula is C20H24N4O. The number of aliphatic hydroxyl groups excluding tert-OH is 1. The van der Waals surface area contributed by atoms with E-state index in [1.54, 1.807) is 0 Å². The fraction of sp³-hybridized carbons (Fsp3) is 0.400. The highest BCUT2D eigenvalue weighted by molar-refractivity contribution is 5.45. The van der Waals surface area contributed by atoms with Gasteiger partial charge in [0.05, 0.1) is 24.4 Å². The molecule has 5 heteroatoms. The van der Waals surface area contributed by atoms with Crippen LogP contribution in [0.4, 0.5) is 5.69 Å². The molecule has 1 atom stereocenters. The second-order valence-corrected chi connectivity index (χ2v) is 6.87. The minimum atomic E-state index is -0.417. The molecule has 1 N–H and O–H groups in total. The molecule has 5 nitrogen and oxygen atoms in total. The van der Waals surface area contributed by atoms with E-state index in [2.05, 4.69) is 32.4 Å². The zero-order valence-corrected chi connectivity index (χ0v) is 14.3. The lowest BCUT2D eigenvalue weighted by Crippen LogP contribution is -2.44. The Kier molecular flexibility index (Phi) is 4.76. The lowest BCUT2D eigenvalue weighted by Gasteiger charge is -2.38. The van der Waals surface area contributed by atoms with E-state index in [9.17, 15) is 5.11 Å². The Morgan fingerprint density at radius 2 is 1.72 bits per heavy atom. The maximum absolute atomic E-state index is 10.4. The Bertz CT molecular complexity index is 725. The molecule has 2 heterocycles. The number of aliphatic hydroxyl groups is 1. The van der Waals surface area contributed by atoms with Gasteiger partial charge in [-0.3, -0.25) is 5.01 Å². The van der Waals surface area contributed by atoms with Gasteiger partial charge in [0, 0.05) is 25.2 Å². The van der Waals surface area contributed by atoms with Crippen LogP contribution in [0.3, 0.4) is 0 Å². The molecule has 130 valence electrons. The first-order valence-electron chi connectivity index (χ1n) is 9.01. The minimum Gasteiger partial charge on any atom is -0.387 e. The molecule has 0 bridgehead atoms. The number of β-amino-alcohol motifs (C(OH)–C–C–N with tert-alkyl or cyclic N) is 1. The van der Waals surface area contributed by atoms with Gasteiger partial charge in [0.1, 0.15) is 0 Å². The highest BCUT2D eigenvalue weighted by Crippen LogP contribution is 2.29. The van der Waals surface area contributed by atoms with Crippen molar-refractivity contribution in [1.82, 2.24) is 9.91 Å². The Labute approximate surface area is 148 Å². The van der Waals surface area contributed by atoms with Crippen molar-refractivity contribution in [3.05, 3.63) is 65.7 Å². The number of benzene rings is 2. The number of piperidine rings is 1. The van der Waals surface area contributed by atoms with Crippen LogP contribution in [-0.4, -0.2) is 40.7 Å². The molecule has 4 rings (SSSR count). The number of hydrogen-bond donors (Lipinski definition) is 1. The van der Waals surface area contributed by atoms with Gasteiger partial charge in [-0.15, -0.1) is 5.11 Å². The van der Waals surface area contributed by atoms with E-state index >= 15 is 0 Å². The molecule has 2 aromatic carbocycles. The van der Waals surface area contributed by atoms with E-state index in [0.717, 1.165) is 43.7 Å². The first kappa shape index (κ1) is 16.2. The van der Waals surface area contributed by atoms with Crippen LogP contribution in [0.1, 0.15) is 30.1 Å². The Morgan fingerprint density at radius 1 is 1.00 bits per heavy atom. The van der Waals surface area contributed by atoms with Crippen LogP contribution in [-0.2, 0) is 6.54 Å². The number of hydrogen-bond acceptors (Lipinski definition) is 5. The van der Waals surface area contributed by atoms with Crippen molar-refractivity contribution >= 4 is 5.69 Å². The lowest BCUT2D eigenvalue weighted by atomic mass is 10.0. The summed E-state index contributed by atoms with van der Waals surface area (Å²) >= 11 is 0. The first-order valence-corrected chi connectivity index (χ1v) is 9.01. The molecule has 1 fully saturated rings. The van der Waals surface area contributed by atoms with E-state index in [-0.39, 0.29) is 0 Å². The summed E-state index contributed by atoms with van der Waals surface area (Å²) in [5.41, 5.74) is 3.23. The average molecular weight is 336 g/mol. The predicted octanol–water partition coefficient (Wildman–Crippen LogP) is 3.70. The van der Waals surface area contributed by atoms with Gasteiger partial charge in [0.2, 0.25) is 0 Å². The molecule has 1 unspecified atom stereocenters. The van der Waals surface area contributed by atoms with Gasteiger partial charge in [-0.25, -0.2) is 0 Å². The van der Waals surface area contributed by atoms with Crippen LogP contribution in [0, 0.1) is 0 Å². The maximum atomic E-state index is 10.4. The summed E-state index contributed by atoms with van der Waals surface area (Å²) in [6, 6.07) is 18.6. The average Bonchev–Trinajstić information content (AvgIpc) is 2.69. The molecule has 2 aliphatic rings. The second kappa shape index (κ2) is 7.33. The van der Waals surface area contributed by atoms with Crippen LogP contribution in [0.5, 0.6) is 0 Å². The molecule has 0 spiro atoms. The molecule has 0 saturated carbocycles. The zero-order chi connectivity index (χ0) is 17.1. The highest BCUT2D eigenvalue weighted by atomic mass is 16.3. The Morgan fingerprint density at radius 3 is 2.52 bits per heavy atom. The molecule has 2 aromatic rings. The Balaban J connectivity index is 1.30. The molecule has 25 heavy (non-hydrogen) atoms. The zero-order valence-electron chi connectivity index (χ0n) is 14.3. The second-order valence-electron chi connectivity index (χ2n) is 6.87. The number of rotatable bonds is 4. The fourth-order valence-electron chi connectivity index (χ4n) is 3.68. The fourth-order valence-corrected chi connectivity index (χ4v) is 3.68. The molecule has 0 aliphatic carbocycles. The summed E-state index contributed by atoms with van der Waals surface area (Å²) in [6.45, 7) is 3.52. The molecule has 0 aromatic heterocycles. The standard InChI is InChI=1S/C20H24N4O/c25-20(16-6-2-1-3-7-16)15-23-12-10-18(11-13-23)24-14-17-8-4-5-9-19(17)21-22-24/h1-9,18,20,25H,10-15H2. The molecular weight excluding hydrogens is 312 g/mol. The van der Waals surface area contributed by atoms with Crippen LogP contribution in [0.15, 0.2) is 64.9 Å². The van der Waals surface area contributed by atoms with E-state index in [1.165, 1.54) is 5.56 Å². The van der Waals surface area contributed by atoms with Crippen LogP contribution in [0.25, 0.3) is 0 Å². The van der Waals surface area contributed by atoms with Crippen LogP contribution < -0.4 is 0 Å². The minimum absolute atomic E-state index is 0.417. The van der Waals surface area contributed by atoms with E-state index in [0.29, 0.717) is 12.6 Å². The van der Waals surface area contributed by atoms with Gasteiger partial charge in [-0.05, 0) is 24.5 Å². The summed E-state index contributed by atoms with van der Waals surface area (Å²) in [6.07, 6.45) is 1.70. The number of fused-ring (bicyclic) bond motifs is 1. The SMILES string of the molecule is OC(CN1CCC(N2Cc3ccccc3N=N2)CC1)c1ccccc1. The van der Waals surface area contributed by atoms with Gasteiger partial charge < -0.3 is 10.0 Å². The van der Waals surface area contributed by atoms with Gasteiger partial charge in [-0.2, -0.15) is 0 Å². The molecule has 1 saturated heterocycles. The molecule has 0 radical (unpaired) electrons. The van der Waals surface area contributed by atoms with Gasteiger partial charge in [0.25, 0.3) is 0 Å². The normalized spacial score (nSPS) is 19.6. The number of likely N-dealkylation sites (tertiary alicyclic amines) is 1. The van der Waals surface area contributed by atoms with Crippen molar-refractivity contribution < 1.29 is 5.11 Å². The summed E-state index contributed by atoms with van der Waals surface area (Å²) in [5.74, 6) is 0. The summed E-state index contributed by atoms with van der Waals surface area (Å²) in [7, 11) is 0. The van der Waals surface area contributed by atoms with Crippen molar-refractivity contribution in [3.8, 4) is 0 Å². The summed E-state index contributed by atoms with van der Waals surface area (Å²) in [4.78, 5) is 2.35. The predicted molar refractivity (Wildman–Crippen MR) is 97.4 cm³/mol. The third-order valence-electron chi connectivity index (χ3n) is 5.19. The van der Waals surface area contributed by atoms with Crippen LogP contribution >= 0.6 is 0 Å². The van der Waals surface area contributed by atoms with Crippen molar-refractivity contribution in [2.75, 3.05) is 19.6 Å². The van der Waals surface area contributed by atoms with Crippen LogP contribution in [0.2, 0.25) is 0 Å². The summed E-state index contributed by atoms with van der Waals surface area (Å²) in [5, 5.41) is 21.3. The first-order chi connectivity index (χ1) is 12.3. The quantitative estimate of drug-likeness (QED) is 0.926. The van der Waals surface area contributed by atoms with Crippen molar-refractivity contribution in [2.24, 2.45) is 10.3 Å². The molecule has 2 aliphatic heterocycles. The van der Waals surface area contributed by atoms with Crippen molar-refractivity contribution in [2.45, 2.75) is 31.5 Å². The lowest BCUT2D eigenvalue weighted by molar-refractivity contribution is 0.0608. The third kappa shape index (κ3) is 3.72. The van der Waals surface area contributed by atoms with E-state index in [1.807, 2.05) is 42.5 Å². The van der Waals surface area contributed by atoms with Gasteiger partial charge in [0.15, 0.2) is 0 Å². The third-order valence-corrected chi connectivity index (χ3v) is 5.19. The summed E-state index contributed by atoms with van der Waals surface area (Å²) < 4.78 is 0. The van der Waals surface area contributed by atoms with Crippen molar-refractivity contribution in [3.63, 3.8) is 0 Å². The van der Waals surface area contributed by atoms with E-state index < -0.39 is 6.10 Å². The smallest absolute Gasteiger partial charge is 0.0924 e. The monoisotopic (exact) mass is 336 g/mol. The van der Waals surface area contributed by atoms with Gasteiger partial charge in [-0.1, -0.05) is 53.8 Å². The topological polar surface area (TPSA) is 51.4 Å². The number of nitrogens with zero attached hydrogens (tertiary/aromatic N) is 4. The largest absolute Gasteiger partial charge is 0.387 e. The van der Waals surface area contributed by atoms with Crippen molar-refractivity contribution in [1.29, 1.82) is 0 Å². The Hall–Kier alpha value is -2.24. The molecule has 0 amide bonds. The highest BCUT2D eigenvalue weighted by Gasteiger charge is 2.27. The van der Waals surface area contributed by atoms with E-state index in [4.69, 9.17) is 0 Å². The van der Waals surface area contributed by atoms with Gasteiger partial charge >= 0.3 is 0 Å². The maximum Gasteiger partial charge on any atom is 0.0924 e.